The van der Waals surface area contributed by atoms with E-state index in [1.165, 1.54) is 0 Å². The van der Waals surface area contributed by atoms with Crippen LogP contribution in [0.4, 0.5) is 0 Å². The highest BCUT2D eigenvalue weighted by Gasteiger charge is 2.26. The molecule has 0 aromatic heterocycles. The Labute approximate surface area is 121 Å². The van der Waals surface area contributed by atoms with Crippen LogP contribution in [-0.4, -0.2) is 43.3 Å². The molecule has 1 aliphatic heterocycles. The number of β-amino-alcohol motifs (C(OH)–C–C–N with tert-alkyl or cyclic N) is 1. The highest BCUT2D eigenvalue weighted by atomic mass is 16.5. The second-order valence-corrected chi connectivity index (χ2v) is 5.81. The Morgan fingerprint density at radius 1 is 1.50 bits per heavy atom. The molecule has 1 aromatic carbocycles. The van der Waals surface area contributed by atoms with Crippen molar-refractivity contribution in [3.05, 3.63) is 29.8 Å². The topological polar surface area (TPSA) is 58.7 Å². The smallest absolute Gasteiger partial charge is 0.119 e. The number of methoxy groups -OCH3 is 1. The van der Waals surface area contributed by atoms with Crippen LogP contribution in [0.1, 0.15) is 25.0 Å². The van der Waals surface area contributed by atoms with Gasteiger partial charge in [-0.1, -0.05) is 19.1 Å². The van der Waals surface area contributed by atoms with Crippen LogP contribution < -0.4 is 10.5 Å². The zero-order valence-electron chi connectivity index (χ0n) is 12.5. The second-order valence-electron chi connectivity index (χ2n) is 5.81. The summed E-state index contributed by atoms with van der Waals surface area (Å²) in [6.45, 7) is 5.69. The van der Waals surface area contributed by atoms with Crippen molar-refractivity contribution in [2.24, 2.45) is 17.6 Å². The van der Waals surface area contributed by atoms with E-state index >= 15 is 0 Å². The van der Waals surface area contributed by atoms with Gasteiger partial charge in [0, 0.05) is 13.1 Å². The van der Waals surface area contributed by atoms with Gasteiger partial charge in [0.15, 0.2) is 0 Å². The van der Waals surface area contributed by atoms with Crippen LogP contribution in [0.3, 0.4) is 0 Å². The van der Waals surface area contributed by atoms with Crippen LogP contribution in [0.15, 0.2) is 24.3 Å². The number of hydrogen-bond acceptors (Lipinski definition) is 4. The first-order chi connectivity index (χ1) is 9.63. The summed E-state index contributed by atoms with van der Waals surface area (Å²) in [4.78, 5) is 2.32. The third-order valence-corrected chi connectivity index (χ3v) is 4.41. The normalized spacial score (nSPS) is 25.4. The van der Waals surface area contributed by atoms with Crippen molar-refractivity contribution in [1.82, 2.24) is 4.90 Å². The van der Waals surface area contributed by atoms with Crippen molar-refractivity contribution in [3.63, 3.8) is 0 Å². The largest absolute Gasteiger partial charge is 0.497 e. The summed E-state index contributed by atoms with van der Waals surface area (Å²) >= 11 is 0. The van der Waals surface area contributed by atoms with Crippen molar-refractivity contribution >= 4 is 0 Å². The first-order valence-corrected chi connectivity index (χ1v) is 7.38. The SMILES string of the molecule is COc1cccc(C(O)CN2CCC(C)C(CN)C2)c1. The molecule has 0 saturated carbocycles. The highest BCUT2D eigenvalue weighted by molar-refractivity contribution is 5.29. The van der Waals surface area contributed by atoms with Crippen LogP contribution in [0, 0.1) is 11.8 Å². The molecular formula is C16H26N2O2. The highest BCUT2D eigenvalue weighted by Crippen LogP contribution is 2.25. The Morgan fingerprint density at radius 2 is 2.30 bits per heavy atom. The number of hydrogen-bond donors (Lipinski definition) is 2. The number of nitrogens with zero attached hydrogens (tertiary/aromatic N) is 1. The van der Waals surface area contributed by atoms with Gasteiger partial charge in [-0.25, -0.2) is 0 Å². The quantitative estimate of drug-likeness (QED) is 0.860. The summed E-state index contributed by atoms with van der Waals surface area (Å²) in [5, 5.41) is 10.4. The van der Waals surface area contributed by atoms with Crippen LogP contribution in [0.5, 0.6) is 5.75 Å². The predicted octanol–water partition coefficient (Wildman–Crippen LogP) is 1.65. The lowest BCUT2D eigenvalue weighted by atomic mass is 9.87. The Bertz CT molecular complexity index is 425. The van der Waals surface area contributed by atoms with Crippen molar-refractivity contribution < 1.29 is 9.84 Å². The molecule has 1 heterocycles. The summed E-state index contributed by atoms with van der Waals surface area (Å²) in [6.07, 6.45) is 0.684. The van der Waals surface area contributed by atoms with Crippen LogP contribution in [0.2, 0.25) is 0 Å². The summed E-state index contributed by atoms with van der Waals surface area (Å²) in [5.41, 5.74) is 6.74. The van der Waals surface area contributed by atoms with E-state index in [1.807, 2.05) is 24.3 Å². The number of aliphatic hydroxyl groups excluding tert-OH is 1. The van der Waals surface area contributed by atoms with Gasteiger partial charge in [-0.05, 0) is 49.0 Å². The van der Waals surface area contributed by atoms with E-state index < -0.39 is 6.10 Å². The van der Waals surface area contributed by atoms with E-state index in [2.05, 4.69) is 11.8 Å². The fourth-order valence-electron chi connectivity index (χ4n) is 2.90. The minimum atomic E-state index is -0.475. The molecule has 4 heteroatoms. The lowest BCUT2D eigenvalue weighted by Gasteiger charge is -2.37. The minimum absolute atomic E-state index is 0.475. The Balaban J connectivity index is 1.95. The summed E-state index contributed by atoms with van der Waals surface area (Å²) in [7, 11) is 1.64. The van der Waals surface area contributed by atoms with E-state index in [-0.39, 0.29) is 0 Å². The maximum absolute atomic E-state index is 10.4. The lowest BCUT2D eigenvalue weighted by molar-refractivity contribution is 0.0678. The van der Waals surface area contributed by atoms with Crippen molar-refractivity contribution in [3.8, 4) is 5.75 Å². The molecule has 4 nitrogen and oxygen atoms in total. The zero-order chi connectivity index (χ0) is 14.5. The fourth-order valence-corrected chi connectivity index (χ4v) is 2.90. The van der Waals surface area contributed by atoms with Gasteiger partial charge < -0.3 is 20.5 Å². The summed E-state index contributed by atoms with van der Waals surface area (Å²) in [6, 6.07) is 7.65. The van der Waals surface area contributed by atoms with E-state index in [4.69, 9.17) is 10.5 Å². The molecule has 1 fully saturated rings. The van der Waals surface area contributed by atoms with Gasteiger partial charge in [-0.3, -0.25) is 0 Å². The Hall–Kier alpha value is -1.10. The zero-order valence-corrected chi connectivity index (χ0v) is 12.5. The van der Waals surface area contributed by atoms with Gasteiger partial charge >= 0.3 is 0 Å². The number of piperidine rings is 1. The molecule has 0 radical (unpaired) electrons. The molecule has 2 rings (SSSR count). The minimum Gasteiger partial charge on any atom is -0.497 e. The number of benzene rings is 1. The molecule has 112 valence electrons. The molecule has 0 amide bonds. The third-order valence-electron chi connectivity index (χ3n) is 4.41. The summed E-state index contributed by atoms with van der Waals surface area (Å²) < 4.78 is 5.20. The Morgan fingerprint density at radius 3 is 3.00 bits per heavy atom. The first-order valence-electron chi connectivity index (χ1n) is 7.38. The molecule has 1 saturated heterocycles. The second kappa shape index (κ2) is 7.07. The standard InChI is InChI=1S/C16H26N2O2/c1-12-6-7-18(10-14(12)9-17)11-16(19)13-4-3-5-15(8-13)20-2/h3-5,8,12,14,16,19H,6-7,9-11,17H2,1-2H3. The van der Waals surface area contributed by atoms with E-state index in [9.17, 15) is 5.11 Å². The van der Waals surface area contributed by atoms with Gasteiger partial charge in [-0.2, -0.15) is 0 Å². The van der Waals surface area contributed by atoms with E-state index in [1.54, 1.807) is 7.11 Å². The van der Waals surface area contributed by atoms with Crippen LogP contribution in [0.25, 0.3) is 0 Å². The lowest BCUT2D eigenvalue weighted by Crippen LogP contribution is -2.44. The fraction of sp³-hybridized carbons (Fsp3) is 0.625. The monoisotopic (exact) mass is 278 g/mol. The average molecular weight is 278 g/mol. The molecule has 20 heavy (non-hydrogen) atoms. The van der Waals surface area contributed by atoms with Crippen molar-refractivity contribution in [2.45, 2.75) is 19.4 Å². The van der Waals surface area contributed by atoms with Crippen molar-refractivity contribution in [2.75, 3.05) is 33.3 Å². The molecule has 0 aliphatic carbocycles. The molecule has 1 aliphatic rings. The molecule has 3 atom stereocenters. The van der Waals surface area contributed by atoms with Crippen molar-refractivity contribution in [1.29, 1.82) is 0 Å². The molecule has 0 bridgehead atoms. The van der Waals surface area contributed by atoms with Gasteiger partial charge in [-0.15, -0.1) is 0 Å². The number of ether oxygens (including phenoxy) is 1. The molecule has 3 unspecified atom stereocenters. The predicted molar refractivity (Wildman–Crippen MR) is 80.7 cm³/mol. The maximum atomic E-state index is 10.4. The number of nitrogens with two attached hydrogens (primary N) is 1. The average Bonchev–Trinajstić information content (AvgIpc) is 2.49. The number of likely N-dealkylation sites (tertiary alicyclic amines) is 1. The Kier molecular flexibility index (Phi) is 5.40. The molecular weight excluding hydrogens is 252 g/mol. The molecule has 3 N–H and O–H groups in total. The van der Waals surface area contributed by atoms with Gasteiger partial charge in [0.25, 0.3) is 0 Å². The maximum Gasteiger partial charge on any atom is 0.119 e. The number of rotatable bonds is 5. The van der Waals surface area contributed by atoms with Gasteiger partial charge in [0.2, 0.25) is 0 Å². The van der Waals surface area contributed by atoms with Gasteiger partial charge in [0.05, 0.1) is 13.2 Å². The van der Waals surface area contributed by atoms with Crippen LogP contribution in [-0.2, 0) is 0 Å². The van der Waals surface area contributed by atoms with E-state index in [0.29, 0.717) is 18.4 Å². The van der Waals surface area contributed by atoms with Crippen LogP contribution >= 0.6 is 0 Å². The van der Waals surface area contributed by atoms with Gasteiger partial charge in [0.1, 0.15) is 5.75 Å². The third kappa shape index (κ3) is 3.72. The molecule has 1 aromatic rings. The number of aliphatic hydroxyl groups is 1. The summed E-state index contributed by atoms with van der Waals surface area (Å²) in [5.74, 6) is 2.01. The first kappa shape index (κ1) is 15.3. The molecule has 0 spiro atoms. The van der Waals surface area contributed by atoms with E-state index in [0.717, 1.165) is 37.4 Å².